The molecule has 0 bridgehead atoms. The first-order valence-corrected chi connectivity index (χ1v) is 6.57. The molecule has 1 heterocycles. The predicted molar refractivity (Wildman–Crippen MR) is 71.3 cm³/mol. The highest BCUT2D eigenvalue weighted by Crippen LogP contribution is 2.30. The Morgan fingerprint density at radius 1 is 1.37 bits per heavy atom. The summed E-state index contributed by atoms with van der Waals surface area (Å²) in [7, 11) is 1.64. The van der Waals surface area contributed by atoms with Gasteiger partial charge in [0, 0.05) is 26.1 Å². The molecule has 0 aromatic heterocycles. The summed E-state index contributed by atoms with van der Waals surface area (Å²) in [5, 5.41) is 0. The maximum atomic E-state index is 14.0. The molecule has 1 fully saturated rings. The summed E-state index contributed by atoms with van der Waals surface area (Å²) in [5.74, 6) is -0.657. The van der Waals surface area contributed by atoms with Crippen LogP contribution >= 0.6 is 0 Å². The van der Waals surface area contributed by atoms with Gasteiger partial charge in [-0.05, 0) is 37.1 Å². The first-order chi connectivity index (χ1) is 9.15. The lowest BCUT2D eigenvalue weighted by Crippen LogP contribution is -2.23. The average molecular weight is 270 g/mol. The molecule has 1 saturated heterocycles. The van der Waals surface area contributed by atoms with Crippen LogP contribution in [0.3, 0.4) is 0 Å². The van der Waals surface area contributed by atoms with E-state index in [2.05, 4.69) is 0 Å². The molecule has 0 spiro atoms. The van der Waals surface area contributed by atoms with Crippen molar-refractivity contribution in [1.82, 2.24) is 0 Å². The number of rotatable bonds is 5. The van der Waals surface area contributed by atoms with Crippen LogP contribution in [0.15, 0.2) is 12.1 Å². The molecule has 1 aliphatic rings. The van der Waals surface area contributed by atoms with E-state index >= 15 is 0 Å². The molecule has 1 aromatic carbocycles. The van der Waals surface area contributed by atoms with E-state index in [1.807, 2.05) is 0 Å². The van der Waals surface area contributed by atoms with Crippen molar-refractivity contribution in [2.24, 2.45) is 11.7 Å². The number of benzene rings is 1. The highest BCUT2D eigenvalue weighted by atomic mass is 19.1. The highest BCUT2D eigenvalue weighted by molar-refractivity contribution is 5.51. The van der Waals surface area contributed by atoms with Crippen molar-refractivity contribution >= 4 is 5.69 Å². The van der Waals surface area contributed by atoms with Gasteiger partial charge in [0.15, 0.2) is 0 Å². The topological polar surface area (TPSA) is 38.5 Å². The molecule has 1 atom stereocenters. The van der Waals surface area contributed by atoms with E-state index < -0.39 is 11.6 Å². The summed E-state index contributed by atoms with van der Waals surface area (Å²) in [6.07, 6.45) is 1.39. The van der Waals surface area contributed by atoms with Crippen molar-refractivity contribution in [3.05, 3.63) is 29.3 Å². The molecule has 19 heavy (non-hydrogen) atoms. The van der Waals surface area contributed by atoms with Crippen LogP contribution in [0.4, 0.5) is 14.5 Å². The summed E-state index contributed by atoms with van der Waals surface area (Å²) in [6.45, 7) is 2.32. The molecule has 1 unspecified atom stereocenters. The zero-order chi connectivity index (χ0) is 13.8. The van der Waals surface area contributed by atoms with Gasteiger partial charge in [0.05, 0.1) is 6.61 Å². The highest BCUT2D eigenvalue weighted by Gasteiger charge is 2.27. The molecule has 2 rings (SSSR count). The van der Waals surface area contributed by atoms with Crippen LogP contribution in [-0.4, -0.2) is 33.4 Å². The van der Waals surface area contributed by atoms with Crippen molar-refractivity contribution in [2.45, 2.75) is 12.8 Å². The average Bonchev–Trinajstić information content (AvgIpc) is 2.77. The molecule has 1 aliphatic heterocycles. The van der Waals surface area contributed by atoms with Gasteiger partial charge in [0.25, 0.3) is 0 Å². The zero-order valence-corrected chi connectivity index (χ0v) is 11.2. The maximum absolute atomic E-state index is 14.0. The normalized spacial score (nSPS) is 19.2. The molecule has 3 nitrogen and oxygen atoms in total. The van der Waals surface area contributed by atoms with Gasteiger partial charge in [0.1, 0.15) is 17.3 Å². The van der Waals surface area contributed by atoms with Gasteiger partial charge in [0.2, 0.25) is 0 Å². The summed E-state index contributed by atoms with van der Waals surface area (Å²) in [6, 6.07) is 2.77. The Morgan fingerprint density at radius 3 is 2.63 bits per heavy atom. The van der Waals surface area contributed by atoms with E-state index in [1.165, 1.54) is 12.1 Å². The third-order valence-electron chi connectivity index (χ3n) is 3.51. The third kappa shape index (κ3) is 3.22. The van der Waals surface area contributed by atoms with Crippen LogP contribution in [0.1, 0.15) is 12.0 Å². The molecular weight excluding hydrogens is 250 g/mol. The summed E-state index contributed by atoms with van der Waals surface area (Å²) in [4.78, 5) is 1.76. The van der Waals surface area contributed by atoms with Crippen LogP contribution < -0.4 is 10.6 Å². The second kappa shape index (κ2) is 6.30. The van der Waals surface area contributed by atoms with Crippen molar-refractivity contribution in [1.29, 1.82) is 0 Å². The summed E-state index contributed by atoms with van der Waals surface area (Å²) < 4.78 is 33.2. The largest absolute Gasteiger partial charge is 0.384 e. The minimum Gasteiger partial charge on any atom is -0.384 e. The minimum absolute atomic E-state index is 0.0828. The Labute approximate surface area is 112 Å². The SMILES string of the molecule is COCC1CCN(c2c(F)cc(CCN)cc2F)C1. The van der Waals surface area contributed by atoms with Crippen LogP contribution in [-0.2, 0) is 11.2 Å². The van der Waals surface area contributed by atoms with Crippen LogP contribution in [0.2, 0.25) is 0 Å². The zero-order valence-electron chi connectivity index (χ0n) is 11.2. The Balaban J connectivity index is 2.16. The van der Waals surface area contributed by atoms with Gasteiger partial charge < -0.3 is 15.4 Å². The fraction of sp³-hybridized carbons (Fsp3) is 0.571. The van der Waals surface area contributed by atoms with E-state index in [-0.39, 0.29) is 5.69 Å². The third-order valence-corrected chi connectivity index (χ3v) is 3.51. The maximum Gasteiger partial charge on any atom is 0.149 e. The Bertz CT molecular complexity index is 416. The molecule has 2 N–H and O–H groups in total. The smallest absolute Gasteiger partial charge is 0.149 e. The number of hydrogen-bond acceptors (Lipinski definition) is 3. The van der Waals surface area contributed by atoms with Gasteiger partial charge in [-0.2, -0.15) is 0 Å². The number of ether oxygens (including phenoxy) is 1. The van der Waals surface area contributed by atoms with E-state index in [4.69, 9.17) is 10.5 Å². The van der Waals surface area contributed by atoms with Gasteiger partial charge in [-0.1, -0.05) is 0 Å². The molecular formula is C14H20F2N2O. The van der Waals surface area contributed by atoms with E-state index in [1.54, 1.807) is 12.0 Å². The van der Waals surface area contributed by atoms with Crippen LogP contribution in [0.5, 0.6) is 0 Å². The van der Waals surface area contributed by atoms with Gasteiger partial charge in [-0.25, -0.2) is 8.78 Å². The number of halogens is 2. The first kappa shape index (κ1) is 14.2. The molecule has 0 amide bonds. The lowest BCUT2D eigenvalue weighted by molar-refractivity contribution is 0.161. The van der Waals surface area contributed by atoms with Crippen LogP contribution in [0, 0.1) is 17.6 Å². The Hall–Kier alpha value is -1.20. The van der Waals surface area contributed by atoms with E-state index in [9.17, 15) is 8.78 Å². The lowest BCUT2D eigenvalue weighted by atomic mass is 10.1. The van der Waals surface area contributed by atoms with Gasteiger partial charge in [-0.15, -0.1) is 0 Å². The fourth-order valence-corrected chi connectivity index (χ4v) is 2.64. The van der Waals surface area contributed by atoms with Crippen molar-refractivity contribution in [3.8, 4) is 0 Å². The van der Waals surface area contributed by atoms with Crippen molar-refractivity contribution in [2.75, 3.05) is 38.3 Å². The number of methoxy groups -OCH3 is 1. The van der Waals surface area contributed by atoms with E-state index in [0.29, 0.717) is 44.1 Å². The summed E-state index contributed by atoms with van der Waals surface area (Å²) >= 11 is 0. The monoisotopic (exact) mass is 270 g/mol. The lowest BCUT2D eigenvalue weighted by Gasteiger charge is -2.20. The summed E-state index contributed by atoms with van der Waals surface area (Å²) in [5.41, 5.74) is 6.09. The minimum atomic E-state index is -0.499. The van der Waals surface area contributed by atoms with Crippen molar-refractivity contribution < 1.29 is 13.5 Å². The number of hydrogen-bond donors (Lipinski definition) is 1. The molecule has 1 aromatic rings. The Morgan fingerprint density at radius 2 is 2.05 bits per heavy atom. The number of nitrogens with zero attached hydrogens (tertiary/aromatic N) is 1. The molecule has 0 radical (unpaired) electrons. The quantitative estimate of drug-likeness (QED) is 0.888. The molecule has 106 valence electrons. The standard InChI is InChI=1S/C14H20F2N2O/c1-19-9-11-3-5-18(8-11)14-12(15)6-10(2-4-17)7-13(14)16/h6-7,11H,2-5,8-9,17H2,1H3. The van der Waals surface area contributed by atoms with Crippen LogP contribution in [0.25, 0.3) is 0 Å². The molecule has 0 saturated carbocycles. The second-order valence-electron chi connectivity index (χ2n) is 5.00. The molecule has 5 heteroatoms. The first-order valence-electron chi connectivity index (χ1n) is 6.57. The van der Waals surface area contributed by atoms with E-state index in [0.717, 1.165) is 6.42 Å². The molecule has 0 aliphatic carbocycles. The second-order valence-corrected chi connectivity index (χ2v) is 5.00. The predicted octanol–water partition coefficient (Wildman–Crippen LogP) is 1.94. The Kier molecular flexibility index (Phi) is 4.71. The fourth-order valence-electron chi connectivity index (χ4n) is 2.64. The number of anilines is 1. The number of nitrogens with two attached hydrogens (primary N) is 1. The van der Waals surface area contributed by atoms with Gasteiger partial charge >= 0.3 is 0 Å². The van der Waals surface area contributed by atoms with Gasteiger partial charge in [-0.3, -0.25) is 0 Å². The van der Waals surface area contributed by atoms with Crippen molar-refractivity contribution in [3.63, 3.8) is 0 Å².